The number of nitrogen functional groups attached to an aromatic ring is 1. The van der Waals surface area contributed by atoms with Crippen LogP contribution in [0.1, 0.15) is 5.56 Å². The highest BCUT2D eigenvalue weighted by molar-refractivity contribution is 5.51. The molecule has 0 spiro atoms. The van der Waals surface area contributed by atoms with Crippen molar-refractivity contribution in [3.05, 3.63) is 54.1 Å². The third-order valence-corrected chi connectivity index (χ3v) is 2.44. The number of benzene rings is 1. The van der Waals surface area contributed by atoms with Crippen LogP contribution in [0.2, 0.25) is 0 Å². The molecule has 3 nitrogen and oxygen atoms in total. The van der Waals surface area contributed by atoms with Gasteiger partial charge in [-0.2, -0.15) is 0 Å². The number of hydrogen-bond donors (Lipinski definition) is 2. The second-order valence-corrected chi connectivity index (χ2v) is 3.78. The molecular formula is C13H14FN3. The Morgan fingerprint density at radius 3 is 2.82 bits per heavy atom. The lowest BCUT2D eigenvalue weighted by molar-refractivity contribution is 0.610. The van der Waals surface area contributed by atoms with Crippen molar-refractivity contribution in [2.75, 3.05) is 17.6 Å². The van der Waals surface area contributed by atoms with Crippen LogP contribution in [0.5, 0.6) is 0 Å². The number of nitrogens with zero attached hydrogens (tertiary/aromatic N) is 1. The summed E-state index contributed by atoms with van der Waals surface area (Å²) < 4.78 is 13.3. The van der Waals surface area contributed by atoms with Gasteiger partial charge in [-0.1, -0.05) is 18.2 Å². The Hall–Kier alpha value is -2.10. The molecule has 2 rings (SSSR count). The predicted molar refractivity (Wildman–Crippen MR) is 67.2 cm³/mol. The first kappa shape index (κ1) is 11.4. The molecule has 0 aliphatic heterocycles. The van der Waals surface area contributed by atoms with E-state index in [9.17, 15) is 4.39 Å². The summed E-state index contributed by atoms with van der Waals surface area (Å²) in [6.45, 7) is 0.645. The molecule has 0 unspecified atom stereocenters. The average Bonchev–Trinajstić information content (AvgIpc) is 2.32. The molecule has 0 fully saturated rings. The number of aromatic nitrogens is 1. The number of hydrogen-bond acceptors (Lipinski definition) is 3. The molecule has 0 aliphatic carbocycles. The van der Waals surface area contributed by atoms with Crippen LogP contribution in [0.15, 0.2) is 42.7 Å². The molecule has 1 aromatic carbocycles. The van der Waals surface area contributed by atoms with Gasteiger partial charge in [0.25, 0.3) is 0 Å². The smallest absolute Gasteiger partial charge is 0.126 e. The van der Waals surface area contributed by atoms with Crippen LogP contribution in [0.4, 0.5) is 15.8 Å². The Bertz CT molecular complexity index is 500. The number of pyridine rings is 1. The van der Waals surface area contributed by atoms with E-state index in [-0.39, 0.29) is 5.82 Å². The van der Waals surface area contributed by atoms with E-state index in [1.807, 2.05) is 6.07 Å². The van der Waals surface area contributed by atoms with Gasteiger partial charge in [0, 0.05) is 12.7 Å². The van der Waals surface area contributed by atoms with Crippen molar-refractivity contribution in [2.24, 2.45) is 0 Å². The fourth-order valence-corrected chi connectivity index (χ4v) is 1.60. The zero-order valence-electron chi connectivity index (χ0n) is 9.36. The van der Waals surface area contributed by atoms with Crippen molar-refractivity contribution in [3.8, 4) is 0 Å². The van der Waals surface area contributed by atoms with E-state index in [1.54, 1.807) is 30.6 Å². The lowest BCUT2D eigenvalue weighted by atomic mass is 10.1. The number of nitrogens with two attached hydrogens (primary N) is 1. The molecule has 88 valence electrons. The van der Waals surface area contributed by atoms with E-state index in [0.29, 0.717) is 24.2 Å². The topological polar surface area (TPSA) is 50.9 Å². The van der Waals surface area contributed by atoms with Crippen molar-refractivity contribution in [3.63, 3.8) is 0 Å². The van der Waals surface area contributed by atoms with Crippen molar-refractivity contribution in [2.45, 2.75) is 6.42 Å². The van der Waals surface area contributed by atoms with E-state index >= 15 is 0 Å². The molecule has 0 aliphatic rings. The molecule has 1 heterocycles. The van der Waals surface area contributed by atoms with E-state index in [2.05, 4.69) is 10.3 Å². The quantitative estimate of drug-likeness (QED) is 0.849. The van der Waals surface area contributed by atoms with Crippen LogP contribution < -0.4 is 11.1 Å². The van der Waals surface area contributed by atoms with Crippen LogP contribution in [0.25, 0.3) is 0 Å². The summed E-state index contributed by atoms with van der Waals surface area (Å²) in [4.78, 5) is 3.97. The predicted octanol–water partition coefficient (Wildman–Crippen LogP) is 2.46. The summed E-state index contributed by atoms with van der Waals surface area (Å²) in [7, 11) is 0. The van der Waals surface area contributed by atoms with Gasteiger partial charge in [0.1, 0.15) is 5.82 Å². The summed E-state index contributed by atoms with van der Waals surface area (Å²) in [6.07, 6.45) is 3.90. The third kappa shape index (κ3) is 3.17. The fraction of sp³-hybridized carbons (Fsp3) is 0.154. The molecule has 1 aromatic heterocycles. The van der Waals surface area contributed by atoms with Gasteiger partial charge in [0.2, 0.25) is 0 Å². The van der Waals surface area contributed by atoms with E-state index < -0.39 is 0 Å². The molecule has 2 aromatic rings. The van der Waals surface area contributed by atoms with E-state index in [1.165, 1.54) is 6.07 Å². The SMILES string of the molecule is Nc1cncc(NCCc2ccccc2F)c1. The molecule has 17 heavy (non-hydrogen) atoms. The number of nitrogens with one attached hydrogen (secondary N) is 1. The minimum Gasteiger partial charge on any atom is -0.397 e. The normalized spacial score (nSPS) is 10.2. The Kier molecular flexibility index (Phi) is 3.55. The highest BCUT2D eigenvalue weighted by Crippen LogP contribution is 2.11. The van der Waals surface area contributed by atoms with Crippen LogP contribution in [-0.2, 0) is 6.42 Å². The largest absolute Gasteiger partial charge is 0.397 e. The van der Waals surface area contributed by atoms with Crippen LogP contribution in [0, 0.1) is 5.82 Å². The van der Waals surface area contributed by atoms with Gasteiger partial charge in [-0.05, 0) is 24.1 Å². The average molecular weight is 231 g/mol. The first-order chi connectivity index (χ1) is 8.25. The number of rotatable bonds is 4. The van der Waals surface area contributed by atoms with E-state index in [0.717, 1.165) is 5.69 Å². The van der Waals surface area contributed by atoms with Gasteiger partial charge >= 0.3 is 0 Å². The van der Waals surface area contributed by atoms with Crippen molar-refractivity contribution in [1.29, 1.82) is 0 Å². The molecule has 0 atom stereocenters. The maximum atomic E-state index is 13.3. The van der Waals surface area contributed by atoms with Gasteiger partial charge in [0.15, 0.2) is 0 Å². The zero-order chi connectivity index (χ0) is 12.1. The first-order valence-corrected chi connectivity index (χ1v) is 5.43. The molecule has 0 amide bonds. The molecule has 0 radical (unpaired) electrons. The Morgan fingerprint density at radius 2 is 2.06 bits per heavy atom. The highest BCUT2D eigenvalue weighted by Gasteiger charge is 2.00. The second-order valence-electron chi connectivity index (χ2n) is 3.78. The Balaban J connectivity index is 1.90. The summed E-state index contributed by atoms with van der Waals surface area (Å²) in [5.74, 6) is -0.167. The second kappa shape index (κ2) is 5.30. The fourth-order valence-electron chi connectivity index (χ4n) is 1.60. The van der Waals surface area contributed by atoms with Gasteiger partial charge in [-0.3, -0.25) is 4.98 Å². The van der Waals surface area contributed by atoms with Gasteiger partial charge in [-0.15, -0.1) is 0 Å². The maximum absolute atomic E-state index is 13.3. The summed E-state index contributed by atoms with van der Waals surface area (Å²) in [6, 6.07) is 8.58. The van der Waals surface area contributed by atoms with E-state index in [4.69, 9.17) is 5.73 Å². The number of halogens is 1. The Morgan fingerprint density at radius 1 is 1.24 bits per heavy atom. The lowest BCUT2D eigenvalue weighted by Gasteiger charge is -2.07. The molecule has 3 N–H and O–H groups in total. The molecular weight excluding hydrogens is 217 g/mol. The number of anilines is 2. The molecule has 0 bridgehead atoms. The van der Waals surface area contributed by atoms with Crippen LogP contribution in [-0.4, -0.2) is 11.5 Å². The Labute approximate surface area is 99.5 Å². The van der Waals surface area contributed by atoms with Crippen LogP contribution >= 0.6 is 0 Å². The lowest BCUT2D eigenvalue weighted by Crippen LogP contribution is -2.06. The van der Waals surface area contributed by atoms with Gasteiger partial charge in [0.05, 0.1) is 17.6 Å². The molecule has 4 heteroatoms. The summed E-state index contributed by atoms with van der Waals surface area (Å²) in [5.41, 5.74) is 7.77. The molecule has 0 saturated carbocycles. The minimum atomic E-state index is -0.167. The van der Waals surface area contributed by atoms with Gasteiger partial charge in [-0.25, -0.2) is 4.39 Å². The monoisotopic (exact) mass is 231 g/mol. The maximum Gasteiger partial charge on any atom is 0.126 e. The van der Waals surface area contributed by atoms with Crippen molar-refractivity contribution < 1.29 is 4.39 Å². The third-order valence-electron chi connectivity index (χ3n) is 2.44. The summed E-state index contributed by atoms with van der Waals surface area (Å²) >= 11 is 0. The summed E-state index contributed by atoms with van der Waals surface area (Å²) in [5, 5.41) is 3.15. The zero-order valence-corrected chi connectivity index (χ0v) is 9.36. The first-order valence-electron chi connectivity index (χ1n) is 5.43. The molecule has 0 saturated heterocycles. The van der Waals surface area contributed by atoms with Gasteiger partial charge < -0.3 is 11.1 Å². The highest BCUT2D eigenvalue weighted by atomic mass is 19.1. The van der Waals surface area contributed by atoms with Crippen LogP contribution in [0.3, 0.4) is 0 Å². The van der Waals surface area contributed by atoms with Crippen molar-refractivity contribution >= 4 is 11.4 Å². The van der Waals surface area contributed by atoms with Crippen molar-refractivity contribution in [1.82, 2.24) is 4.98 Å². The minimum absolute atomic E-state index is 0.167. The standard InChI is InChI=1S/C13H14FN3/c14-13-4-2-1-3-10(13)5-6-17-12-7-11(15)8-16-9-12/h1-4,7-9,17H,5-6,15H2.